The number of hydrogen-bond acceptors (Lipinski definition) is 5. The summed E-state index contributed by atoms with van der Waals surface area (Å²) in [6.45, 7) is 6.82. The highest BCUT2D eigenvalue weighted by Crippen LogP contribution is 2.51. The molecular formula is C18H20N2O5. The molecule has 2 amide bonds. The van der Waals surface area contributed by atoms with E-state index < -0.39 is 16.8 Å². The van der Waals surface area contributed by atoms with Gasteiger partial charge in [0, 0.05) is 11.1 Å². The fourth-order valence-electron chi connectivity index (χ4n) is 4.81. The lowest BCUT2D eigenvalue weighted by Crippen LogP contribution is -2.35. The first-order valence-electron chi connectivity index (χ1n) is 8.53. The van der Waals surface area contributed by atoms with E-state index in [-0.39, 0.29) is 29.7 Å². The van der Waals surface area contributed by atoms with Gasteiger partial charge in [0.25, 0.3) is 5.69 Å². The van der Waals surface area contributed by atoms with Crippen molar-refractivity contribution in [2.75, 3.05) is 4.90 Å². The van der Waals surface area contributed by atoms with Gasteiger partial charge in [0.05, 0.1) is 34.7 Å². The summed E-state index contributed by atoms with van der Waals surface area (Å²) in [5.41, 5.74) is 2.81. The molecular weight excluding hydrogens is 324 g/mol. The van der Waals surface area contributed by atoms with Gasteiger partial charge in [0.15, 0.2) is 0 Å². The van der Waals surface area contributed by atoms with Crippen molar-refractivity contribution in [3.63, 3.8) is 0 Å². The van der Waals surface area contributed by atoms with E-state index in [1.807, 2.05) is 0 Å². The molecule has 25 heavy (non-hydrogen) atoms. The summed E-state index contributed by atoms with van der Waals surface area (Å²) in [4.78, 5) is 38.3. The second-order valence-corrected chi connectivity index (χ2v) is 7.31. The van der Waals surface area contributed by atoms with Crippen LogP contribution in [0.5, 0.6) is 0 Å². The number of amides is 2. The van der Waals surface area contributed by atoms with E-state index in [0.717, 1.165) is 12.8 Å². The van der Waals surface area contributed by atoms with Crippen LogP contribution in [-0.4, -0.2) is 28.9 Å². The number of carbonyl (C=O) groups excluding carboxylic acids is 2. The summed E-state index contributed by atoms with van der Waals surface area (Å²) in [7, 11) is 0. The molecule has 0 spiro atoms. The molecule has 0 aromatic heterocycles. The second-order valence-electron chi connectivity index (χ2n) is 7.31. The molecule has 3 saturated heterocycles. The molecule has 0 aliphatic carbocycles. The van der Waals surface area contributed by atoms with Crippen molar-refractivity contribution in [2.24, 2.45) is 11.8 Å². The topological polar surface area (TPSA) is 89.8 Å². The molecule has 0 radical (unpaired) electrons. The van der Waals surface area contributed by atoms with Crippen molar-refractivity contribution in [2.45, 2.75) is 52.7 Å². The minimum absolute atomic E-state index is 0.0569. The van der Waals surface area contributed by atoms with E-state index in [9.17, 15) is 19.7 Å². The first kappa shape index (κ1) is 16.2. The van der Waals surface area contributed by atoms with Crippen LogP contribution in [0, 0.1) is 49.6 Å². The first-order chi connectivity index (χ1) is 11.8. The number of fused-ring (bicyclic) bond motifs is 5. The number of hydrogen-bond donors (Lipinski definition) is 0. The quantitative estimate of drug-likeness (QED) is 0.467. The van der Waals surface area contributed by atoms with Crippen LogP contribution in [-0.2, 0) is 14.3 Å². The summed E-state index contributed by atoms with van der Waals surface area (Å²) in [6.07, 6.45) is 1.29. The lowest BCUT2D eigenvalue weighted by Gasteiger charge is -2.24. The van der Waals surface area contributed by atoms with Gasteiger partial charge >= 0.3 is 0 Å². The largest absolute Gasteiger partial charge is 0.373 e. The lowest BCUT2D eigenvalue weighted by molar-refractivity contribution is -0.386. The average Bonchev–Trinajstić information content (AvgIpc) is 3.22. The summed E-state index contributed by atoms with van der Waals surface area (Å²) >= 11 is 0. The molecule has 3 aliphatic rings. The first-order valence-corrected chi connectivity index (χ1v) is 8.53. The summed E-state index contributed by atoms with van der Waals surface area (Å²) in [6, 6.07) is 0. The van der Waals surface area contributed by atoms with E-state index in [1.54, 1.807) is 27.7 Å². The Kier molecular flexibility index (Phi) is 3.31. The molecule has 2 bridgehead atoms. The van der Waals surface area contributed by atoms with Crippen molar-refractivity contribution >= 4 is 23.2 Å². The van der Waals surface area contributed by atoms with E-state index in [2.05, 4.69) is 0 Å². The van der Waals surface area contributed by atoms with Crippen LogP contribution < -0.4 is 4.90 Å². The van der Waals surface area contributed by atoms with Gasteiger partial charge in [0.1, 0.15) is 0 Å². The fraction of sp³-hybridized carbons (Fsp3) is 0.556. The Balaban J connectivity index is 1.88. The van der Waals surface area contributed by atoms with Crippen molar-refractivity contribution in [3.8, 4) is 0 Å². The molecule has 4 rings (SSSR count). The number of ether oxygens (including phenoxy) is 1. The molecule has 0 N–H and O–H groups in total. The molecule has 1 aromatic rings. The number of benzene rings is 1. The number of anilines is 1. The fourth-order valence-corrected chi connectivity index (χ4v) is 4.81. The van der Waals surface area contributed by atoms with Crippen LogP contribution in [0.25, 0.3) is 0 Å². The zero-order valence-corrected chi connectivity index (χ0v) is 14.7. The molecule has 4 atom stereocenters. The van der Waals surface area contributed by atoms with Gasteiger partial charge in [-0.1, -0.05) is 0 Å². The zero-order chi connectivity index (χ0) is 18.2. The molecule has 3 fully saturated rings. The van der Waals surface area contributed by atoms with Gasteiger partial charge in [-0.25, -0.2) is 4.90 Å². The predicted molar refractivity (Wildman–Crippen MR) is 89.4 cm³/mol. The SMILES string of the molecule is Cc1c(C)c([N+](=O)[O-])c(C)c(C)c1N1C(=O)[C@@H]2[C@H](C1=O)[C@H]1CC[C@@H]2O1. The average molecular weight is 344 g/mol. The minimum atomic E-state index is -0.402. The van der Waals surface area contributed by atoms with E-state index in [0.29, 0.717) is 27.9 Å². The summed E-state index contributed by atoms with van der Waals surface area (Å²) in [5.74, 6) is -1.25. The second kappa shape index (κ2) is 5.11. The molecule has 132 valence electrons. The maximum absolute atomic E-state index is 13.0. The van der Waals surface area contributed by atoms with Crippen LogP contribution in [0.3, 0.4) is 0 Å². The summed E-state index contributed by atoms with van der Waals surface area (Å²) in [5, 5.41) is 11.4. The van der Waals surface area contributed by atoms with Crippen LogP contribution >= 0.6 is 0 Å². The van der Waals surface area contributed by atoms with Crippen molar-refractivity contribution < 1.29 is 19.2 Å². The van der Waals surface area contributed by atoms with Crippen molar-refractivity contribution in [1.29, 1.82) is 0 Å². The lowest BCUT2D eigenvalue weighted by atomic mass is 9.81. The van der Waals surface area contributed by atoms with Gasteiger partial charge < -0.3 is 4.74 Å². The Morgan fingerprint density at radius 3 is 1.76 bits per heavy atom. The molecule has 7 nitrogen and oxygen atoms in total. The van der Waals surface area contributed by atoms with Gasteiger partial charge in [-0.05, 0) is 51.7 Å². The Bertz CT molecular complexity index is 789. The maximum Gasteiger partial charge on any atom is 0.275 e. The highest BCUT2D eigenvalue weighted by Gasteiger charge is 2.63. The number of nitrogens with zero attached hydrogens (tertiary/aromatic N) is 2. The van der Waals surface area contributed by atoms with Crippen LogP contribution in [0.1, 0.15) is 35.1 Å². The minimum Gasteiger partial charge on any atom is -0.373 e. The van der Waals surface area contributed by atoms with Crippen molar-refractivity contribution in [1.82, 2.24) is 0 Å². The van der Waals surface area contributed by atoms with E-state index >= 15 is 0 Å². The number of carbonyl (C=O) groups is 2. The number of nitro groups is 1. The van der Waals surface area contributed by atoms with E-state index in [4.69, 9.17) is 4.74 Å². The molecule has 3 heterocycles. The Morgan fingerprint density at radius 2 is 1.36 bits per heavy atom. The monoisotopic (exact) mass is 344 g/mol. The van der Waals surface area contributed by atoms with Gasteiger partial charge in [-0.15, -0.1) is 0 Å². The molecule has 0 unspecified atom stereocenters. The van der Waals surface area contributed by atoms with Gasteiger partial charge in [-0.3, -0.25) is 19.7 Å². The highest BCUT2D eigenvalue weighted by molar-refractivity contribution is 6.23. The number of rotatable bonds is 2. The Hall–Kier alpha value is -2.28. The van der Waals surface area contributed by atoms with Crippen molar-refractivity contribution in [3.05, 3.63) is 32.4 Å². The standard InChI is InChI=1S/C18H20N2O5/c1-7-9(3)16(20(23)24)10(4)8(2)15(7)19-17(21)13-11-5-6-12(25-11)14(13)18(19)22/h11-14H,5-6H2,1-4H3/t11-,12+,13-,14+. The van der Waals surface area contributed by atoms with E-state index in [1.165, 1.54) is 4.90 Å². The molecule has 7 heteroatoms. The predicted octanol–water partition coefficient (Wildman–Crippen LogP) is 2.50. The third-order valence-electron chi connectivity index (χ3n) is 6.24. The normalized spacial score (nSPS) is 30.3. The number of nitro benzene ring substituents is 1. The smallest absolute Gasteiger partial charge is 0.275 e. The Labute approximate surface area is 145 Å². The third-order valence-corrected chi connectivity index (χ3v) is 6.24. The Morgan fingerprint density at radius 1 is 0.920 bits per heavy atom. The maximum atomic E-state index is 13.0. The zero-order valence-electron chi connectivity index (χ0n) is 14.7. The van der Waals surface area contributed by atoms with Crippen LogP contribution in [0.4, 0.5) is 11.4 Å². The van der Waals surface area contributed by atoms with Crippen LogP contribution in [0.15, 0.2) is 0 Å². The molecule has 1 aromatic carbocycles. The molecule has 0 saturated carbocycles. The van der Waals surface area contributed by atoms with Crippen LogP contribution in [0.2, 0.25) is 0 Å². The molecule has 3 aliphatic heterocycles. The third kappa shape index (κ3) is 1.90. The van der Waals surface area contributed by atoms with Gasteiger partial charge in [-0.2, -0.15) is 0 Å². The van der Waals surface area contributed by atoms with Gasteiger partial charge in [0.2, 0.25) is 11.8 Å². The summed E-state index contributed by atoms with van der Waals surface area (Å²) < 4.78 is 5.77. The number of imide groups is 1. The highest BCUT2D eigenvalue weighted by atomic mass is 16.6.